The first-order valence-electron chi connectivity index (χ1n) is 7.86. The van der Waals surface area contributed by atoms with Crippen molar-refractivity contribution >= 4 is 17.6 Å². The van der Waals surface area contributed by atoms with Gasteiger partial charge in [0.05, 0.1) is 13.2 Å². The third kappa shape index (κ3) is 4.04. The summed E-state index contributed by atoms with van der Waals surface area (Å²) in [6, 6.07) is 7.45. The Morgan fingerprint density at radius 3 is 2.92 bits per heavy atom. The molecule has 1 aromatic carbocycles. The molecule has 1 aliphatic heterocycles. The maximum absolute atomic E-state index is 12.3. The molecule has 7 nitrogen and oxygen atoms in total. The second-order valence-electron chi connectivity index (χ2n) is 5.64. The number of carbonyl (C=O) groups excluding carboxylic acids is 1. The van der Waals surface area contributed by atoms with Gasteiger partial charge in [0.1, 0.15) is 18.3 Å². The standard InChI is InChI=1S/C16H20ClN5O2/c1-21-15(19-11-20-21)6-7-18-16(23)22-8-9-24-14(10-22)12-2-4-13(17)5-3-12/h2-5,11,14H,6-10H2,1H3,(H,18,23)/t14-/m1/s1. The normalized spacial score (nSPS) is 17.8. The zero-order valence-corrected chi connectivity index (χ0v) is 14.2. The van der Waals surface area contributed by atoms with E-state index in [4.69, 9.17) is 16.3 Å². The first-order valence-corrected chi connectivity index (χ1v) is 8.24. The fourth-order valence-electron chi connectivity index (χ4n) is 2.65. The lowest BCUT2D eigenvalue weighted by Gasteiger charge is -2.33. The number of hydrogen-bond donors (Lipinski definition) is 1. The molecule has 0 radical (unpaired) electrons. The van der Waals surface area contributed by atoms with Gasteiger partial charge in [-0.25, -0.2) is 9.78 Å². The van der Waals surface area contributed by atoms with Crippen LogP contribution >= 0.6 is 11.6 Å². The van der Waals surface area contributed by atoms with E-state index in [1.54, 1.807) is 9.58 Å². The van der Waals surface area contributed by atoms with Gasteiger partial charge in [0.15, 0.2) is 0 Å². The van der Waals surface area contributed by atoms with Crippen LogP contribution < -0.4 is 5.32 Å². The highest BCUT2D eigenvalue weighted by Crippen LogP contribution is 2.23. The van der Waals surface area contributed by atoms with E-state index in [-0.39, 0.29) is 12.1 Å². The summed E-state index contributed by atoms with van der Waals surface area (Å²) >= 11 is 5.91. The average Bonchev–Trinajstić information content (AvgIpc) is 3.01. The Labute approximate surface area is 145 Å². The van der Waals surface area contributed by atoms with Crippen LogP contribution in [0.25, 0.3) is 0 Å². The fraction of sp³-hybridized carbons (Fsp3) is 0.438. The Bertz CT molecular complexity index is 688. The number of nitrogens with one attached hydrogen (secondary N) is 1. The number of aromatic nitrogens is 3. The minimum absolute atomic E-state index is 0.0839. The van der Waals surface area contributed by atoms with E-state index in [1.165, 1.54) is 6.33 Å². The fourth-order valence-corrected chi connectivity index (χ4v) is 2.78. The topological polar surface area (TPSA) is 72.3 Å². The van der Waals surface area contributed by atoms with Crippen LogP contribution in [-0.2, 0) is 18.2 Å². The summed E-state index contributed by atoms with van der Waals surface area (Å²) in [7, 11) is 1.84. The predicted octanol–water partition coefficient (Wildman–Crippen LogP) is 1.79. The second kappa shape index (κ2) is 7.63. The first kappa shape index (κ1) is 16.7. The van der Waals surface area contributed by atoms with E-state index in [9.17, 15) is 4.79 Å². The molecule has 1 fully saturated rings. The van der Waals surface area contributed by atoms with E-state index < -0.39 is 0 Å². The van der Waals surface area contributed by atoms with Crippen molar-refractivity contribution in [3.05, 3.63) is 47.0 Å². The average molecular weight is 350 g/mol. The molecule has 0 bridgehead atoms. The number of amides is 2. The molecule has 0 saturated carbocycles. The van der Waals surface area contributed by atoms with Crippen molar-refractivity contribution in [1.29, 1.82) is 0 Å². The number of benzene rings is 1. The van der Waals surface area contributed by atoms with Crippen molar-refractivity contribution in [3.8, 4) is 0 Å². The van der Waals surface area contributed by atoms with Crippen LogP contribution in [0.5, 0.6) is 0 Å². The maximum atomic E-state index is 12.3. The molecule has 3 rings (SSSR count). The number of morpholine rings is 1. The molecule has 0 spiro atoms. The molecule has 2 aromatic rings. The van der Waals surface area contributed by atoms with Crippen LogP contribution in [0.4, 0.5) is 4.79 Å². The van der Waals surface area contributed by atoms with Crippen LogP contribution in [0.2, 0.25) is 5.02 Å². The van der Waals surface area contributed by atoms with Gasteiger partial charge in [-0.15, -0.1) is 0 Å². The van der Waals surface area contributed by atoms with Crippen molar-refractivity contribution in [2.75, 3.05) is 26.2 Å². The van der Waals surface area contributed by atoms with Gasteiger partial charge in [-0.3, -0.25) is 4.68 Å². The highest BCUT2D eigenvalue weighted by molar-refractivity contribution is 6.30. The minimum atomic E-state index is -0.125. The molecule has 1 N–H and O–H groups in total. The largest absolute Gasteiger partial charge is 0.370 e. The maximum Gasteiger partial charge on any atom is 0.317 e. The monoisotopic (exact) mass is 349 g/mol. The summed E-state index contributed by atoms with van der Waals surface area (Å²) in [5.41, 5.74) is 1.02. The van der Waals surface area contributed by atoms with Gasteiger partial charge in [0.2, 0.25) is 0 Å². The van der Waals surface area contributed by atoms with Crippen molar-refractivity contribution in [2.45, 2.75) is 12.5 Å². The van der Waals surface area contributed by atoms with Crippen molar-refractivity contribution < 1.29 is 9.53 Å². The van der Waals surface area contributed by atoms with E-state index in [0.717, 1.165) is 11.4 Å². The summed E-state index contributed by atoms with van der Waals surface area (Å²) in [5.74, 6) is 0.844. The number of urea groups is 1. The number of ether oxygens (including phenoxy) is 1. The number of halogens is 1. The molecule has 128 valence electrons. The molecule has 24 heavy (non-hydrogen) atoms. The van der Waals surface area contributed by atoms with E-state index in [2.05, 4.69) is 15.4 Å². The Hall–Kier alpha value is -2.12. The summed E-state index contributed by atoms with van der Waals surface area (Å²) in [5, 5.41) is 7.63. The lowest BCUT2D eigenvalue weighted by atomic mass is 10.1. The lowest BCUT2D eigenvalue weighted by Crippen LogP contribution is -2.47. The Morgan fingerprint density at radius 1 is 1.42 bits per heavy atom. The van der Waals surface area contributed by atoms with Crippen molar-refractivity contribution in [1.82, 2.24) is 25.0 Å². The zero-order valence-electron chi connectivity index (χ0n) is 13.5. The van der Waals surface area contributed by atoms with Crippen molar-refractivity contribution in [3.63, 3.8) is 0 Å². The van der Waals surface area contributed by atoms with E-state index in [1.807, 2.05) is 31.3 Å². The van der Waals surface area contributed by atoms with Gasteiger partial charge in [-0.05, 0) is 17.7 Å². The Morgan fingerprint density at radius 2 is 2.21 bits per heavy atom. The zero-order chi connectivity index (χ0) is 16.9. The minimum Gasteiger partial charge on any atom is -0.370 e. The Kier molecular flexibility index (Phi) is 5.32. The third-order valence-electron chi connectivity index (χ3n) is 4.03. The van der Waals surface area contributed by atoms with Gasteiger partial charge in [0.25, 0.3) is 0 Å². The molecular formula is C16H20ClN5O2. The summed E-state index contributed by atoms with van der Waals surface area (Å²) in [4.78, 5) is 18.3. The highest BCUT2D eigenvalue weighted by atomic mass is 35.5. The summed E-state index contributed by atoms with van der Waals surface area (Å²) < 4.78 is 7.48. The molecule has 0 aliphatic carbocycles. The molecule has 1 aliphatic rings. The summed E-state index contributed by atoms with van der Waals surface area (Å²) in [6.07, 6.45) is 2.03. The summed E-state index contributed by atoms with van der Waals surface area (Å²) in [6.45, 7) is 2.15. The molecule has 1 saturated heterocycles. The smallest absolute Gasteiger partial charge is 0.317 e. The number of carbonyl (C=O) groups is 1. The van der Waals surface area contributed by atoms with Crippen LogP contribution in [0.15, 0.2) is 30.6 Å². The van der Waals surface area contributed by atoms with Gasteiger partial charge in [0, 0.05) is 31.6 Å². The molecule has 1 atom stereocenters. The second-order valence-corrected chi connectivity index (χ2v) is 6.08. The molecule has 1 aromatic heterocycles. The van der Waals surface area contributed by atoms with E-state index >= 15 is 0 Å². The third-order valence-corrected chi connectivity index (χ3v) is 4.28. The predicted molar refractivity (Wildman–Crippen MR) is 89.8 cm³/mol. The molecule has 2 amide bonds. The number of nitrogens with zero attached hydrogens (tertiary/aromatic N) is 4. The highest BCUT2D eigenvalue weighted by Gasteiger charge is 2.25. The molecular weight excluding hydrogens is 330 g/mol. The van der Waals surface area contributed by atoms with Gasteiger partial charge < -0.3 is 15.0 Å². The molecule has 8 heteroatoms. The number of aryl methyl sites for hydroxylation is 1. The van der Waals surface area contributed by atoms with E-state index in [0.29, 0.717) is 37.7 Å². The van der Waals surface area contributed by atoms with Gasteiger partial charge in [-0.2, -0.15) is 5.10 Å². The van der Waals surface area contributed by atoms with Crippen molar-refractivity contribution in [2.24, 2.45) is 7.05 Å². The first-order chi connectivity index (χ1) is 11.6. The Balaban J connectivity index is 1.51. The molecule has 0 unspecified atom stereocenters. The van der Waals surface area contributed by atoms with Crippen LogP contribution in [-0.4, -0.2) is 51.9 Å². The van der Waals surface area contributed by atoms with Crippen LogP contribution in [0, 0.1) is 0 Å². The van der Waals surface area contributed by atoms with Crippen LogP contribution in [0.1, 0.15) is 17.5 Å². The SMILES string of the molecule is Cn1ncnc1CCNC(=O)N1CCO[C@@H](c2ccc(Cl)cc2)C1. The number of rotatable bonds is 4. The number of hydrogen-bond acceptors (Lipinski definition) is 4. The molecule has 2 heterocycles. The lowest BCUT2D eigenvalue weighted by molar-refractivity contribution is -0.0154. The van der Waals surface area contributed by atoms with Gasteiger partial charge in [-0.1, -0.05) is 23.7 Å². The quantitative estimate of drug-likeness (QED) is 0.913. The van der Waals surface area contributed by atoms with Crippen LogP contribution in [0.3, 0.4) is 0 Å². The van der Waals surface area contributed by atoms with Gasteiger partial charge >= 0.3 is 6.03 Å².